The van der Waals surface area contributed by atoms with Crippen molar-refractivity contribution in [2.75, 3.05) is 32.7 Å². The number of primary amides is 1. The van der Waals surface area contributed by atoms with Gasteiger partial charge < -0.3 is 10.6 Å². The fourth-order valence-electron chi connectivity index (χ4n) is 1.60. The molecule has 0 aliphatic carbocycles. The van der Waals surface area contributed by atoms with Crippen LogP contribution in [0, 0.1) is 0 Å². The van der Waals surface area contributed by atoms with Gasteiger partial charge in [0.15, 0.2) is 0 Å². The van der Waals surface area contributed by atoms with E-state index in [2.05, 4.69) is 0 Å². The average molecular weight is 199 g/mol. The molecule has 80 valence electrons. The van der Waals surface area contributed by atoms with E-state index in [4.69, 9.17) is 5.73 Å². The van der Waals surface area contributed by atoms with Gasteiger partial charge in [-0.25, -0.2) is 0 Å². The van der Waals surface area contributed by atoms with Crippen molar-refractivity contribution in [3.63, 3.8) is 0 Å². The molecule has 5 heteroatoms. The van der Waals surface area contributed by atoms with Crippen LogP contribution < -0.4 is 5.73 Å². The Balaban J connectivity index is 2.31. The van der Waals surface area contributed by atoms with Gasteiger partial charge in [-0.05, 0) is 0 Å². The zero-order valence-electron chi connectivity index (χ0n) is 8.53. The van der Waals surface area contributed by atoms with Gasteiger partial charge in [-0.15, -0.1) is 0 Å². The number of nitrogens with zero attached hydrogens (tertiary/aromatic N) is 2. The van der Waals surface area contributed by atoms with Gasteiger partial charge in [0.1, 0.15) is 0 Å². The molecule has 2 N–H and O–H groups in total. The minimum atomic E-state index is -0.305. The van der Waals surface area contributed by atoms with Crippen LogP contribution in [0.4, 0.5) is 0 Å². The van der Waals surface area contributed by atoms with Crippen LogP contribution in [0.1, 0.15) is 13.3 Å². The summed E-state index contributed by atoms with van der Waals surface area (Å²) in [5, 5.41) is 0. The Morgan fingerprint density at radius 3 is 2.21 bits per heavy atom. The second-order valence-corrected chi connectivity index (χ2v) is 3.48. The summed E-state index contributed by atoms with van der Waals surface area (Å²) in [7, 11) is 0. The fraction of sp³-hybridized carbons (Fsp3) is 0.778. The molecule has 0 aromatic carbocycles. The summed E-state index contributed by atoms with van der Waals surface area (Å²) in [5.41, 5.74) is 5.08. The molecule has 1 aliphatic heterocycles. The van der Waals surface area contributed by atoms with E-state index in [1.165, 1.54) is 0 Å². The zero-order valence-corrected chi connectivity index (χ0v) is 8.53. The Morgan fingerprint density at radius 1 is 1.21 bits per heavy atom. The predicted molar refractivity (Wildman–Crippen MR) is 52.5 cm³/mol. The van der Waals surface area contributed by atoms with Crippen LogP contribution in [0.2, 0.25) is 0 Å². The Morgan fingerprint density at radius 2 is 1.79 bits per heavy atom. The highest BCUT2D eigenvalue weighted by atomic mass is 16.2. The Labute approximate surface area is 83.8 Å². The number of hydrogen-bond donors (Lipinski definition) is 1. The number of piperazine rings is 1. The molecular weight excluding hydrogens is 182 g/mol. The van der Waals surface area contributed by atoms with Gasteiger partial charge in [-0.2, -0.15) is 0 Å². The highest BCUT2D eigenvalue weighted by molar-refractivity contribution is 5.76. The van der Waals surface area contributed by atoms with E-state index >= 15 is 0 Å². The first-order valence-corrected chi connectivity index (χ1v) is 4.92. The van der Waals surface area contributed by atoms with E-state index in [1.807, 2.05) is 16.7 Å². The van der Waals surface area contributed by atoms with Gasteiger partial charge >= 0.3 is 0 Å². The summed E-state index contributed by atoms with van der Waals surface area (Å²) < 4.78 is 0. The number of carbonyl (C=O) groups excluding carboxylic acids is 2. The van der Waals surface area contributed by atoms with E-state index in [0.717, 1.165) is 13.1 Å². The first-order valence-electron chi connectivity index (χ1n) is 4.92. The van der Waals surface area contributed by atoms with Crippen molar-refractivity contribution in [2.45, 2.75) is 13.3 Å². The minimum absolute atomic E-state index is 0.184. The topological polar surface area (TPSA) is 66.6 Å². The van der Waals surface area contributed by atoms with Crippen molar-refractivity contribution in [3.8, 4) is 0 Å². The Hall–Kier alpha value is -1.10. The van der Waals surface area contributed by atoms with E-state index < -0.39 is 0 Å². The lowest BCUT2D eigenvalue weighted by molar-refractivity contribution is -0.132. The SMILES string of the molecule is CCC(=O)N1CCN(CC(N)=O)CC1. The molecule has 14 heavy (non-hydrogen) atoms. The molecule has 0 bridgehead atoms. The molecule has 0 atom stereocenters. The summed E-state index contributed by atoms with van der Waals surface area (Å²) in [4.78, 5) is 25.8. The van der Waals surface area contributed by atoms with E-state index in [9.17, 15) is 9.59 Å². The van der Waals surface area contributed by atoms with Crippen molar-refractivity contribution < 1.29 is 9.59 Å². The maximum atomic E-state index is 11.3. The van der Waals surface area contributed by atoms with Crippen molar-refractivity contribution in [1.29, 1.82) is 0 Å². The van der Waals surface area contributed by atoms with Crippen LogP contribution >= 0.6 is 0 Å². The summed E-state index contributed by atoms with van der Waals surface area (Å²) in [6.45, 7) is 5.07. The molecule has 5 nitrogen and oxygen atoms in total. The summed E-state index contributed by atoms with van der Waals surface area (Å²) in [5.74, 6) is -0.121. The van der Waals surface area contributed by atoms with Gasteiger partial charge in [-0.1, -0.05) is 6.92 Å². The molecule has 1 aliphatic rings. The normalized spacial score (nSPS) is 18.2. The quantitative estimate of drug-likeness (QED) is 0.635. The van der Waals surface area contributed by atoms with Crippen LogP contribution in [0.3, 0.4) is 0 Å². The molecule has 2 amide bonds. The van der Waals surface area contributed by atoms with Crippen LogP contribution in [0.15, 0.2) is 0 Å². The molecule has 1 rings (SSSR count). The standard InChI is InChI=1S/C9H17N3O2/c1-2-9(14)12-5-3-11(4-6-12)7-8(10)13/h2-7H2,1H3,(H2,10,13). The van der Waals surface area contributed by atoms with Gasteiger partial charge in [-0.3, -0.25) is 14.5 Å². The maximum Gasteiger partial charge on any atom is 0.231 e. The van der Waals surface area contributed by atoms with Crippen LogP contribution in [0.25, 0.3) is 0 Å². The van der Waals surface area contributed by atoms with Crippen molar-refractivity contribution in [2.24, 2.45) is 5.73 Å². The molecular formula is C9H17N3O2. The zero-order chi connectivity index (χ0) is 10.6. The number of rotatable bonds is 3. The smallest absolute Gasteiger partial charge is 0.231 e. The first-order chi connectivity index (χ1) is 6.63. The van der Waals surface area contributed by atoms with Gasteiger partial charge in [0.2, 0.25) is 11.8 Å². The molecule has 0 spiro atoms. The molecule has 0 aromatic heterocycles. The van der Waals surface area contributed by atoms with Gasteiger partial charge in [0.25, 0.3) is 0 Å². The number of nitrogens with two attached hydrogens (primary N) is 1. The van der Waals surface area contributed by atoms with Crippen molar-refractivity contribution >= 4 is 11.8 Å². The molecule has 1 heterocycles. The van der Waals surface area contributed by atoms with Gasteiger partial charge in [0, 0.05) is 32.6 Å². The summed E-state index contributed by atoms with van der Waals surface area (Å²) in [6, 6.07) is 0. The average Bonchev–Trinajstić information content (AvgIpc) is 2.17. The molecule has 0 radical (unpaired) electrons. The third-order valence-corrected chi connectivity index (χ3v) is 2.41. The van der Waals surface area contributed by atoms with Crippen molar-refractivity contribution in [3.05, 3.63) is 0 Å². The summed E-state index contributed by atoms with van der Waals surface area (Å²) in [6.07, 6.45) is 0.551. The lowest BCUT2D eigenvalue weighted by Crippen LogP contribution is -2.50. The lowest BCUT2D eigenvalue weighted by Gasteiger charge is -2.33. The number of hydrogen-bond acceptors (Lipinski definition) is 3. The highest BCUT2D eigenvalue weighted by Gasteiger charge is 2.20. The molecule has 0 aromatic rings. The predicted octanol–water partition coefficient (Wildman–Crippen LogP) is -0.974. The number of carbonyl (C=O) groups is 2. The monoisotopic (exact) mass is 199 g/mol. The maximum absolute atomic E-state index is 11.3. The van der Waals surface area contributed by atoms with Crippen LogP contribution in [0.5, 0.6) is 0 Å². The fourth-order valence-corrected chi connectivity index (χ4v) is 1.60. The van der Waals surface area contributed by atoms with Gasteiger partial charge in [0.05, 0.1) is 6.54 Å². The Kier molecular flexibility index (Phi) is 3.88. The number of amides is 2. The molecule has 1 fully saturated rings. The minimum Gasteiger partial charge on any atom is -0.369 e. The molecule has 0 unspecified atom stereocenters. The lowest BCUT2D eigenvalue weighted by atomic mass is 10.3. The third kappa shape index (κ3) is 2.99. The second kappa shape index (κ2) is 4.95. The molecule has 1 saturated heterocycles. The second-order valence-electron chi connectivity index (χ2n) is 3.48. The highest BCUT2D eigenvalue weighted by Crippen LogP contribution is 2.02. The van der Waals surface area contributed by atoms with Crippen LogP contribution in [-0.4, -0.2) is 54.3 Å². The Bertz CT molecular complexity index is 222. The van der Waals surface area contributed by atoms with E-state index in [-0.39, 0.29) is 11.8 Å². The van der Waals surface area contributed by atoms with Crippen LogP contribution in [-0.2, 0) is 9.59 Å². The first kappa shape index (κ1) is 11.0. The van der Waals surface area contributed by atoms with E-state index in [1.54, 1.807) is 0 Å². The molecule has 0 saturated carbocycles. The summed E-state index contributed by atoms with van der Waals surface area (Å²) >= 11 is 0. The largest absolute Gasteiger partial charge is 0.369 e. The van der Waals surface area contributed by atoms with E-state index in [0.29, 0.717) is 26.1 Å². The third-order valence-electron chi connectivity index (χ3n) is 2.41. The van der Waals surface area contributed by atoms with Crippen molar-refractivity contribution in [1.82, 2.24) is 9.80 Å².